The largest absolute Gasteiger partial charge is 0.489 e. The first-order valence-corrected chi connectivity index (χ1v) is 10.8. The Morgan fingerprint density at radius 3 is 2.69 bits per heavy atom. The van der Waals surface area contributed by atoms with Crippen LogP contribution in [0.5, 0.6) is 5.75 Å². The maximum absolute atomic E-state index is 13.1. The van der Waals surface area contributed by atoms with Gasteiger partial charge in [0.05, 0.1) is 12.2 Å². The second-order valence-corrected chi connectivity index (χ2v) is 9.48. The van der Waals surface area contributed by atoms with E-state index in [2.05, 4.69) is 25.1 Å². The molecule has 0 radical (unpaired) electrons. The zero-order valence-corrected chi connectivity index (χ0v) is 16.9. The molecule has 2 aromatic rings. The minimum Gasteiger partial charge on any atom is -0.489 e. The summed E-state index contributed by atoms with van der Waals surface area (Å²) in [4.78, 5) is 0. The van der Waals surface area contributed by atoms with E-state index in [0.717, 1.165) is 43.4 Å². The molecule has 154 valence electrons. The summed E-state index contributed by atoms with van der Waals surface area (Å²) in [6, 6.07) is 12.9. The Bertz CT molecular complexity index is 895. The Hall–Kier alpha value is -1.91. The van der Waals surface area contributed by atoms with E-state index < -0.39 is 12.2 Å². The van der Waals surface area contributed by atoms with Crippen molar-refractivity contribution in [2.24, 2.45) is 17.3 Å². The molecule has 0 unspecified atom stereocenters. The summed E-state index contributed by atoms with van der Waals surface area (Å²) < 4.78 is 19.0. The first-order chi connectivity index (χ1) is 14.0. The van der Waals surface area contributed by atoms with E-state index in [-0.39, 0.29) is 11.2 Å². The van der Waals surface area contributed by atoms with Gasteiger partial charge in [-0.2, -0.15) is 0 Å². The fourth-order valence-corrected chi connectivity index (χ4v) is 6.38. The van der Waals surface area contributed by atoms with Crippen molar-refractivity contribution < 1.29 is 19.3 Å². The van der Waals surface area contributed by atoms with Gasteiger partial charge in [-0.25, -0.2) is 4.39 Å². The van der Waals surface area contributed by atoms with Crippen LogP contribution in [0.2, 0.25) is 0 Å². The fourth-order valence-electron chi connectivity index (χ4n) is 6.38. The second-order valence-electron chi connectivity index (χ2n) is 9.48. The summed E-state index contributed by atoms with van der Waals surface area (Å²) in [5.41, 5.74) is 3.60. The van der Waals surface area contributed by atoms with E-state index in [4.69, 9.17) is 4.74 Å². The zero-order valence-electron chi connectivity index (χ0n) is 16.9. The SMILES string of the molecule is C[C@]12CC[C@H]3c4ccc(OCc5ccc(F)cc5)cc4CC[C@H]3[C@@H]1C[C@@H](O)[C@@H]2O. The molecule has 2 aromatic carbocycles. The average Bonchev–Trinajstić information content (AvgIpc) is 2.97. The van der Waals surface area contributed by atoms with E-state index in [1.807, 2.05) is 0 Å². The molecule has 0 saturated heterocycles. The van der Waals surface area contributed by atoms with Crippen molar-refractivity contribution in [1.29, 1.82) is 0 Å². The Kier molecular flexibility index (Phi) is 4.67. The van der Waals surface area contributed by atoms with Crippen molar-refractivity contribution in [3.05, 3.63) is 65.0 Å². The standard InChI is InChI=1S/C25H29FO3/c1-25-11-10-20-19-9-7-18(29-14-15-2-5-17(26)6-3-15)12-16(19)4-8-21(20)22(25)13-23(27)24(25)28/h2-3,5-7,9,12,20-24,27-28H,4,8,10-11,13-14H2,1H3/t20-,21+,22-,23+,24-,25-/m0/s1. The molecule has 0 aromatic heterocycles. The van der Waals surface area contributed by atoms with Crippen LogP contribution < -0.4 is 4.74 Å². The van der Waals surface area contributed by atoms with Crippen LogP contribution in [0.4, 0.5) is 4.39 Å². The number of hydrogen-bond donors (Lipinski definition) is 2. The number of fused-ring (bicyclic) bond motifs is 5. The maximum atomic E-state index is 13.1. The summed E-state index contributed by atoms with van der Waals surface area (Å²) in [5, 5.41) is 20.9. The van der Waals surface area contributed by atoms with Gasteiger partial charge in [0, 0.05) is 0 Å². The lowest BCUT2D eigenvalue weighted by Crippen LogP contribution is -2.44. The van der Waals surface area contributed by atoms with Gasteiger partial charge in [0.2, 0.25) is 0 Å². The van der Waals surface area contributed by atoms with Crippen molar-refractivity contribution in [2.75, 3.05) is 0 Å². The molecule has 5 rings (SSSR count). The van der Waals surface area contributed by atoms with Gasteiger partial charge < -0.3 is 14.9 Å². The summed E-state index contributed by atoms with van der Waals surface area (Å²) in [6.07, 6.45) is 3.74. The molecule has 0 bridgehead atoms. The van der Waals surface area contributed by atoms with Crippen molar-refractivity contribution in [1.82, 2.24) is 0 Å². The lowest BCUT2D eigenvalue weighted by atomic mass is 9.55. The van der Waals surface area contributed by atoms with E-state index in [1.165, 1.54) is 23.3 Å². The van der Waals surface area contributed by atoms with E-state index >= 15 is 0 Å². The van der Waals surface area contributed by atoms with Gasteiger partial charge in [-0.15, -0.1) is 0 Å². The Labute approximate surface area is 171 Å². The number of aliphatic hydroxyl groups excluding tert-OH is 2. The molecule has 0 aliphatic heterocycles. The Morgan fingerprint density at radius 1 is 1.10 bits per heavy atom. The first kappa shape index (κ1) is 19.1. The van der Waals surface area contributed by atoms with E-state index in [9.17, 15) is 14.6 Å². The van der Waals surface area contributed by atoms with E-state index in [0.29, 0.717) is 24.4 Å². The molecule has 0 heterocycles. The summed E-state index contributed by atoms with van der Waals surface area (Å²) in [6.45, 7) is 2.61. The molecule has 2 fully saturated rings. The number of hydrogen-bond acceptors (Lipinski definition) is 3. The number of aryl methyl sites for hydroxylation is 1. The van der Waals surface area contributed by atoms with E-state index in [1.54, 1.807) is 12.1 Å². The van der Waals surface area contributed by atoms with Gasteiger partial charge >= 0.3 is 0 Å². The lowest BCUT2D eigenvalue weighted by Gasteiger charge is -2.49. The summed E-state index contributed by atoms with van der Waals surface area (Å²) in [7, 11) is 0. The van der Waals surface area contributed by atoms with Crippen molar-refractivity contribution in [3.63, 3.8) is 0 Å². The molecule has 2 saturated carbocycles. The average molecular weight is 397 g/mol. The molecule has 3 nitrogen and oxygen atoms in total. The normalized spacial score (nSPS) is 35.5. The van der Waals surface area contributed by atoms with Gasteiger partial charge in [0.25, 0.3) is 0 Å². The van der Waals surface area contributed by atoms with Crippen LogP contribution in [-0.4, -0.2) is 22.4 Å². The zero-order chi connectivity index (χ0) is 20.2. The Balaban J connectivity index is 1.33. The van der Waals surface area contributed by atoms with Crippen LogP contribution in [0.25, 0.3) is 0 Å². The first-order valence-electron chi connectivity index (χ1n) is 10.8. The Morgan fingerprint density at radius 2 is 1.90 bits per heavy atom. The maximum Gasteiger partial charge on any atom is 0.123 e. The number of rotatable bonds is 3. The molecular weight excluding hydrogens is 367 g/mol. The highest BCUT2D eigenvalue weighted by molar-refractivity contribution is 5.41. The van der Waals surface area contributed by atoms with Crippen LogP contribution in [0, 0.1) is 23.1 Å². The smallest absolute Gasteiger partial charge is 0.123 e. The van der Waals surface area contributed by atoms with Crippen molar-refractivity contribution in [3.8, 4) is 5.75 Å². The molecule has 3 aliphatic carbocycles. The topological polar surface area (TPSA) is 49.7 Å². The summed E-state index contributed by atoms with van der Waals surface area (Å²) >= 11 is 0. The third kappa shape index (κ3) is 3.17. The number of halogens is 1. The second kappa shape index (κ2) is 7.10. The highest BCUT2D eigenvalue weighted by Crippen LogP contribution is 2.60. The lowest BCUT2D eigenvalue weighted by molar-refractivity contribution is -0.0505. The number of benzene rings is 2. The third-order valence-corrected chi connectivity index (χ3v) is 7.99. The molecule has 6 atom stereocenters. The third-order valence-electron chi connectivity index (χ3n) is 7.99. The van der Waals surface area contributed by atoms with Gasteiger partial charge in [-0.1, -0.05) is 25.1 Å². The quantitative estimate of drug-likeness (QED) is 0.798. The monoisotopic (exact) mass is 396 g/mol. The van der Waals surface area contributed by atoms with Crippen LogP contribution >= 0.6 is 0 Å². The van der Waals surface area contributed by atoms with Crippen molar-refractivity contribution in [2.45, 2.75) is 63.8 Å². The van der Waals surface area contributed by atoms with Gasteiger partial charge in [-0.05, 0) is 96.2 Å². The van der Waals surface area contributed by atoms with Gasteiger partial charge in [-0.3, -0.25) is 0 Å². The molecule has 0 spiro atoms. The summed E-state index contributed by atoms with van der Waals surface area (Å²) in [5.74, 6) is 2.08. The predicted octanol–water partition coefficient (Wildman–Crippen LogP) is 4.59. The molecule has 29 heavy (non-hydrogen) atoms. The minimum absolute atomic E-state index is 0.143. The molecule has 3 aliphatic rings. The van der Waals surface area contributed by atoms with Crippen LogP contribution in [-0.2, 0) is 13.0 Å². The molecule has 4 heteroatoms. The fraction of sp³-hybridized carbons (Fsp3) is 0.520. The van der Waals surface area contributed by atoms with Crippen molar-refractivity contribution >= 4 is 0 Å². The van der Waals surface area contributed by atoms with Crippen LogP contribution in [0.15, 0.2) is 42.5 Å². The number of ether oxygens (including phenoxy) is 1. The van der Waals surface area contributed by atoms with Gasteiger partial charge in [0.1, 0.15) is 18.2 Å². The highest BCUT2D eigenvalue weighted by Gasteiger charge is 2.57. The molecule has 0 amide bonds. The molecular formula is C25H29FO3. The number of aliphatic hydroxyl groups is 2. The molecule has 2 N–H and O–H groups in total. The highest BCUT2D eigenvalue weighted by atomic mass is 19.1. The predicted molar refractivity (Wildman–Crippen MR) is 109 cm³/mol. The van der Waals surface area contributed by atoms with Crippen LogP contribution in [0.1, 0.15) is 55.2 Å². The van der Waals surface area contributed by atoms with Gasteiger partial charge in [0.15, 0.2) is 0 Å². The van der Waals surface area contributed by atoms with Crippen LogP contribution in [0.3, 0.4) is 0 Å². The minimum atomic E-state index is -0.586.